The molecule has 0 spiro atoms. The van der Waals surface area contributed by atoms with Crippen LogP contribution in [0.1, 0.15) is 30.9 Å². The quantitative estimate of drug-likeness (QED) is 0.806. The molecule has 2 nitrogen and oxygen atoms in total. The van der Waals surface area contributed by atoms with E-state index in [1.165, 1.54) is 0 Å². The molecule has 0 heterocycles. The fraction of sp³-hybridized carbons (Fsp3) is 0.538. The molecule has 0 aliphatic carbocycles. The van der Waals surface area contributed by atoms with Gasteiger partial charge in [-0.1, -0.05) is 31.5 Å². The largest absolute Gasteiger partial charge is 0.490 e. The molecule has 84 valence electrons. The zero-order valence-corrected chi connectivity index (χ0v) is 9.79. The number of hydrogen-bond donors (Lipinski definition) is 1. The van der Waals surface area contributed by atoms with Crippen molar-refractivity contribution in [3.8, 4) is 5.75 Å². The van der Waals surface area contributed by atoms with Crippen molar-refractivity contribution < 1.29 is 9.84 Å². The first-order valence-corrected chi connectivity index (χ1v) is 5.52. The standard InChI is InChI=1S/C13H20O2/c1-4-6-12(14)9-15-13-10(2)7-5-8-11(13)3/h5,7-8,12,14H,4,6,9H2,1-3H3. The van der Waals surface area contributed by atoms with Gasteiger partial charge < -0.3 is 9.84 Å². The molecule has 1 rings (SSSR count). The molecule has 1 N–H and O–H groups in total. The van der Waals surface area contributed by atoms with Gasteiger partial charge in [-0.25, -0.2) is 0 Å². The highest BCUT2D eigenvalue weighted by Gasteiger charge is 2.07. The molecule has 2 heteroatoms. The van der Waals surface area contributed by atoms with Crippen molar-refractivity contribution in [1.82, 2.24) is 0 Å². The Bertz CT molecular complexity index is 287. The molecule has 0 saturated heterocycles. The summed E-state index contributed by atoms with van der Waals surface area (Å²) in [4.78, 5) is 0. The maximum Gasteiger partial charge on any atom is 0.125 e. The van der Waals surface area contributed by atoms with E-state index in [1.54, 1.807) is 0 Å². The predicted octanol–water partition coefficient (Wildman–Crippen LogP) is 2.84. The van der Waals surface area contributed by atoms with Crippen LogP contribution in [0, 0.1) is 13.8 Å². The summed E-state index contributed by atoms with van der Waals surface area (Å²) in [5.41, 5.74) is 2.25. The van der Waals surface area contributed by atoms with Crippen LogP contribution in [0.4, 0.5) is 0 Å². The first kappa shape index (κ1) is 12.1. The highest BCUT2D eigenvalue weighted by atomic mass is 16.5. The molecule has 1 aromatic rings. The monoisotopic (exact) mass is 208 g/mol. The molecule has 15 heavy (non-hydrogen) atoms. The van der Waals surface area contributed by atoms with Gasteiger partial charge in [0.2, 0.25) is 0 Å². The van der Waals surface area contributed by atoms with Crippen molar-refractivity contribution in [2.45, 2.75) is 39.7 Å². The summed E-state index contributed by atoms with van der Waals surface area (Å²) in [6.45, 7) is 6.49. The molecular weight excluding hydrogens is 188 g/mol. The number of ether oxygens (including phenoxy) is 1. The van der Waals surface area contributed by atoms with Gasteiger partial charge in [0.05, 0.1) is 6.10 Å². The molecule has 0 aliphatic heterocycles. The van der Waals surface area contributed by atoms with E-state index in [9.17, 15) is 5.11 Å². The molecule has 0 aromatic heterocycles. The molecule has 0 amide bonds. The van der Waals surface area contributed by atoms with Gasteiger partial charge in [-0.05, 0) is 31.4 Å². The van der Waals surface area contributed by atoms with E-state index >= 15 is 0 Å². The third-order valence-corrected chi connectivity index (χ3v) is 2.45. The third kappa shape index (κ3) is 3.56. The Morgan fingerprint density at radius 3 is 2.40 bits per heavy atom. The number of hydrogen-bond acceptors (Lipinski definition) is 2. The molecular formula is C13H20O2. The molecule has 0 saturated carbocycles. The number of rotatable bonds is 5. The van der Waals surface area contributed by atoms with Crippen LogP contribution in [-0.2, 0) is 0 Å². The summed E-state index contributed by atoms with van der Waals surface area (Å²) in [5, 5.41) is 9.57. The zero-order valence-electron chi connectivity index (χ0n) is 9.79. The Morgan fingerprint density at radius 1 is 1.27 bits per heavy atom. The molecule has 1 unspecified atom stereocenters. The van der Waals surface area contributed by atoms with Crippen molar-refractivity contribution in [2.24, 2.45) is 0 Å². The van der Waals surface area contributed by atoms with Gasteiger partial charge in [0.25, 0.3) is 0 Å². The maximum atomic E-state index is 9.57. The predicted molar refractivity (Wildman–Crippen MR) is 62.3 cm³/mol. The van der Waals surface area contributed by atoms with E-state index in [0.717, 1.165) is 29.7 Å². The van der Waals surface area contributed by atoms with Crippen LogP contribution in [-0.4, -0.2) is 17.8 Å². The summed E-state index contributed by atoms with van der Waals surface area (Å²) >= 11 is 0. The summed E-state index contributed by atoms with van der Waals surface area (Å²) in [6.07, 6.45) is 1.43. The first-order chi connectivity index (χ1) is 7.15. The second-order valence-electron chi connectivity index (χ2n) is 3.97. The summed E-state index contributed by atoms with van der Waals surface area (Å²) < 4.78 is 5.63. The molecule has 0 fully saturated rings. The SMILES string of the molecule is CCCC(O)COc1c(C)cccc1C. The highest BCUT2D eigenvalue weighted by Crippen LogP contribution is 2.22. The third-order valence-electron chi connectivity index (χ3n) is 2.45. The summed E-state index contributed by atoms with van der Waals surface area (Å²) in [6, 6.07) is 6.06. The molecule has 0 radical (unpaired) electrons. The second-order valence-corrected chi connectivity index (χ2v) is 3.97. The van der Waals surface area contributed by atoms with Gasteiger partial charge in [-0.2, -0.15) is 0 Å². The van der Waals surface area contributed by atoms with Gasteiger partial charge in [-0.3, -0.25) is 0 Å². The van der Waals surface area contributed by atoms with Crippen LogP contribution in [0.3, 0.4) is 0 Å². The Hall–Kier alpha value is -1.02. The van der Waals surface area contributed by atoms with Crippen LogP contribution in [0.15, 0.2) is 18.2 Å². The Morgan fingerprint density at radius 2 is 1.87 bits per heavy atom. The Labute approximate surface area is 91.9 Å². The van der Waals surface area contributed by atoms with Crippen molar-refractivity contribution in [1.29, 1.82) is 0 Å². The Balaban J connectivity index is 2.57. The van der Waals surface area contributed by atoms with Crippen molar-refractivity contribution in [2.75, 3.05) is 6.61 Å². The smallest absolute Gasteiger partial charge is 0.125 e. The first-order valence-electron chi connectivity index (χ1n) is 5.52. The van der Waals surface area contributed by atoms with E-state index < -0.39 is 0 Å². The van der Waals surface area contributed by atoms with Crippen molar-refractivity contribution in [3.63, 3.8) is 0 Å². The fourth-order valence-electron chi connectivity index (χ4n) is 1.62. The topological polar surface area (TPSA) is 29.5 Å². The minimum Gasteiger partial charge on any atom is -0.490 e. The summed E-state index contributed by atoms with van der Waals surface area (Å²) in [5.74, 6) is 0.910. The molecule has 0 aliphatic rings. The van der Waals surface area contributed by atoms with Crippen LogP contribution in [0.5, 0.6) is 5.75 Å². The lowest BCUT2D eigenvalue weighted by molar-refractivity contribution is 0.0986. The van der Waals surface area contributed by atoms with Gasteiger partial charge >= 0.3 is 0 Å². The van der Waals surface area contributed by atoms with E-state index in [2.05, 4.69) is 6.92 Å². The van der Waals surface area contributed by atoms with E-state index in [4.69, 9.17) is 4.74 Å². The molecule has 1 aromatic carbocycles. The van der Waals surface area contributed by atoms with Gasteiger partial charge in [0.1, 0.15) is 12.4 Å². The van der Waals surface area contributed by atoms with Crippen LogP contribution in [0.2, 0.25) is 0 Å². The molecule has 0 bridgehead atoms. The lowest BCUT2D eigenvalue weighted by Crippen LogP contribution is -2.17. The maximum absolute atomic E-state index is 9.57. The lowest BCUT2D eigenvalue weighted by atomic mass is 10.1. The van der Waals surface area contributed by atoms with E-state index in [1.807, 2.05) is 32.0 Å². The van der Waals surface area contributed by atoms with Gasteiger partial charge in [-0.15, -0.1) is 0 Å². The average Bonchev–Trinajstić information content (AvgIpc) is 2.17. The average molecular weight is 208 g/mol. The minimum absolute atomic E-state index is 0.353. The second kappa shape index (κ2) is 5.76. The fourth-order valence-corrected chi connectivity index (χ4v) is 1.62. The van der Waals surface area contributed by atoms with Crippen LogP contribution < -0.4 is 4.74 Å². The van der Waals surface area contributed by atoms with E-state index in [0.29, 0.717) is 6.61 Å². The van der Waals surface area contributed by atoms with Gasteiger partial charge in [0.15, 0.2) is 0 Å². The number of aryl methyl sites for hydroxylation is 2. The van der Waals surface area contributed by atoms with Crippen LogP contribution >= 0.6 is 0 Å². The van der Waals surface area contributed by atoms with Crippen molar-refractivity contribution in [3.05, 3.63) is 29.3 Å². The summed E-state index contributed by atoms with van der Waals surface area (Å²) in [7, 11) is 0. The normalized spacial score (nSPS) is 12.5. The number of aliphatic hydroxyl groups excluding tert-OH is 1. The lowest BCUT2D eigenvalue weighted by Gasteiger charge is -2.14. The van der Waals surface area contributed by atoms with Crippen LogP contribution in [0.25, 0.3) is 0 Å². The van der Waals surface area contributed by atoms with Crippen molar-refractivity contribution >= 4 is 0 Å². The van der Waals surface area contributed by atoms with E-state index in [-0.39, 0.29) is 6.10 Å². The molecule has 1 atom stereocenters. The number of aliphatic hydroxyl groups is 1. The number of benzene rings is 1. The highest BCUT2D eigenvalue weighted by molar-refractivity contribution is 5.39. The number of para-hydroxylation sites is 1. The Kier molecular flexibility index (Phi) is 4.63. The minimum atomic E-state index is -0.353. The zero-order chi connectivity index (χ0) is 11.3. The van der Waals surface area contributed by atoms with Gasteiger partial charge in [0, 0.05) is 0 Å².